The minimum Gasteiger partial charge on any atom is -0.459 e. The Balaban J connectivity index is 1.15. The van der Waals surface area contributed by atoms with Crippen molar-refractivity contribution in [1.82, 2.24) is 9.47 Å². The Morgan fingerprint density at radius 2 is 1.78 bits per heavy atom. The van der Waals surface area contributed by atoms with Crippen LogP contribution in [0.25, 0.3) is 10.9 Å². The molecule has 3 heterocycles. The molecule has 0 spiro atoms. The topological polar surface area (TPSA) is 55.5 Å². The molecule has 0 N–H and O–H groups in total. The van der Waals surface area contributed by atoms with E-state index in [-0.39, 0.29) is 11.8 Å². The fourth-order valence-corrected chi connectivity index (χ4v) is 5.71. The molecule has 4 aromatic rings. The summed E-state index contributed by atoms with van der Waals surface area (Å²) in [7, 11) is 0. The quantitative estimate of drug-likeness (QED) is 0.269. The van der Waals surface area contributed by atoms with Gasteiger partial charge in [0.25, 0.3) is 5.91 Å². The maximum atomic E-state index is 13.1. The van der Waals surface area contributed by atoms with Crippen LogP contribution in [-0.2, 0) is 17.8 Å². The van der Waals surface area contributed by atoms with Crippen molar-refractivity contribution in [3.05, 3.63) is 95.6 Å². The van der Waals surface area contributed by atoms with Gasteiger partial charge in [0.15, 0.2) is 5.76 Å². The van der Waals surface area contributed by atoms with Gasteiger partial charge in [-0.1, -0.05) is 48.0 Å². The summed E-state index contributed by atoms with van der Waals surface area (Å²) in [5.41, 5.74) is 5.15. The third kappa shape index (κ3) is 6.04. The van der Waals surface area contributed by atoms with Crippen LogP contribution in [0.5, 0.6) is 0 Å². The van der Waals surface area contributed by atoms with Crippen LogP contribution in [0.2, 0.25) is 0 Å². The zero-order valence-electron chi connectivity index (χ0n) is 21.7. The fourth-order valence-electron chi connectivity index (χ4n) is 5.71. The molecule has 5 heteroatoms. The van der Waals surface area contributed by atoms with Crippen LogP contribution in [0.3, 0.4) is 0 Å². The lowest BCUT2D eigenvalue weighted by Gasteiger charge is -2.27. The van der Waals surface area contributed by atoms with Gasteiger partial charge in [-0.05, 0) is 74.8 Å². The van der Waals surface area contributed by atoms with Crippen LogP contribution >= 0.6 is 0 Å². The van der Waals surface area contributed by atoms with E-state index in [1.165, 1.54) is 33.9 Å². The smallest absolute Gasteiger partial charge is 0.289 e. The number of aromatic nitrogens is 1. The Morgan fingerprint density at radius 3 is 2.54 bits per heavy atom. The van der Waals surface area contributed by atoms with Gasteiger partial charge in [0.2, 0.25) is 0 Å². The number of carbonyl (C=O) groups is 2. The van der Waals surface area contributed by atoms with E-state index in [1.807, 2.05) is 4.90 Å². The van der Waals surface area contributed by atoms with Crippen LogP contribution in [0.1, 0.15) is 65.8 Å². The predicted octanol–water partition coefficient (Wildman–Crippen LogP) is 6.82. The highest BCUT2D eigenvalue weighted by Crippen LogP contribution is 2.26. The maximum absolute atomic E-state index is 13.1. The molecule has 0 radical (unpaired) electrons. The average Bonchev–Trinajstić information content (AvgIpc) is 3.53. The Bertz CT molecular complexity index is 1340. The molecule has 1 saturated heterocycles. The van der Waals surface area contributed by atoms with Gasteiger partial charge in [-0.3, -0.25) is 9.59 Å². The van der Waals surface area contributed by atoms with E-state index in [1.54, 1.807) is 12.1 Å². The molecule has 1 amide bonds. The monoisotopic (exact) mass is 496 g/mol. The summed E-state index contributed by atoms with van der Waals surface area (Å²) in [6.07, 6.45) is 9.64. The van der Waals surface area contributed by atoms with E-state index >= 15 is 0 Å². The van der Waals surface area contributed by atoms with Gasteiger partial charge in [-0.25, -0.2) is 0 Å². The molecule has 1 aliphatic rings. The van der Waals surface area contributed by atoms with E-state index < -0.39 is 0 Å². The molecule has 0 unspecified atom stereocenters. The highest BCUT2D eigenvalue weighted by Gasteiger charge is 2.24. The van der Waals surface area contributed by atoms with Crippen molar-refractivity contribution in [3.8, 4) is 0 Å². The average molecular weight is 497 g/mol. The maximum Gasteiger partial charge on any atom is 0.289 e. The van der Waals surface area contributed by atoms with Gasteiger partial charge in [-0.15, -0.1) is 0 Å². The van der Waals surface area contributed by atoms with Crippen LogP contribution < -0.4 is 0 Å². The van der Waals surface area contributed by atoms with Gasteiger partial charge in [0, 0.05) is 49.1 Å². The fraction of sp³-hybridized carbons (Fsp3) is 0.375. The molecule has 1 aliphatic heterocycles. The van der Waals surface area contributed by atoms with E-state index in [0.717, 1.165) is 45.1 Å². The summed E-state index contributed by atoms with van der Waals surface area (Å²) in [6.45, 7) is 4.35. The normalized spacial score (nSPS) is 15.0. The number of para-hydroxylation sites is 1. The van der Waals surface area contributed by atoms with Crippen LogP contribution in [0, 0.1) is 12.8 Å². The van der Waals surface area contributed by atoms with Crippen molar-refractivity contribution in [2.75, 3.05) is 13.1 Å². The number of ketones is 1. The number of nitrogens with zero attached hydrogens (tertiary/aromatic N) is 2. The summed E-state index contributed by atoms with van der Waals surface area (Å²) < 4.78 is 7.62. The number of hydrogen-bond donors (Lipinski definition) is 0. The van der Waals surface area contributed by atoms with Gasteiger partial charge in [0.05, 0.1) is 6.26 Å². The Labute approximate surface area is 219 Å². The molecule has 5 nitrogen and oxygen atoms in total. The number of benzene rings is 2. The summed E-state index contributed by atoms with van der Waals surface area (Å²) in [6, 6.07) is 20.7. The molecule has 5 rings (SSSR count). The predicted molar refractivity (Wildman–Crippen MR) is 147 cm³/mol. The largest absolute Gasteiger partial charge is 0.459 e. The van der Waals surface area contributed by atoms with Gasteiger partial charge >= 0.3 is 0 Å². The first kappa shape index (κ1) is 25.1. The molecule has 2 aromatic carbocycles. The first-order valence-corrected chi connectivity index (χ1v) is 13.6. The summed E-state index contributed by atoms with van der Waals surface area (Å²) in [5, 5.41) is 1.29. The van der Waals surface area contributed by atoms with Gasteiger partial charge < -0.3 is 13.9 Å². The molecular formula is C32H36N2O3. The SMILES string of the molecule is Cc1cccc(Cn2cc(CCCC(=O)C3CCCN(C(=O)c4ccco4)CCC3)c3ccccc32)c1. The Hall–Kier alpha value is -3.60. The zero-order valence-corrected chi connectivity index (χ0v) is 21.7. The van der Waals surface area contributed by atoms with Crippen molar-refractivity contribution in [3.63, 3.8) is 0 Å². The molecule has 1 fully saturated rings. The van der Waals surface area contributed by atoms with E-state index in [2.05, 4.69) is 66.2 Å². The summed E-state index contributed by atoms with van der Waals surface area (Å²) in [5.74, 6) is 0.850. The third-order valence-corrected chi connectivity index (χ3v) is 7.61. The number of hydrogen-bond acceptors (Lipinski definition) is 3. The van der Waals surface area contributed by atoms with E-state index in [9.17, 15) is 9.59 Å². The lowest BCUT2D eigenvalue weighted by molar-refractivity contribution is -0.123. The molecule has 0 atom stereocenters. The first-order valence-electron chi connectivity index (χ1n) is 13.6. The van der Waals surface area contributed by atoms with E-state index in [0.29, 0.717) is 31.1 Å². The number of likely N-dealkylation sites (tertiary alicyclic amines) is 1. The number of Topliss-reactive ketones (excluding diaryl/α,β-unsaturated/α-hetero) is 1. The number of rotatable bonds is 8. The van der Waals surface area contributed by atoms with Crippen LogP contribution in [-0.4, -0.2) is 34.2 Å². The van der Waals surface area contributed by atoms with Gasteiger partial charge in [-0.2, -0.15) is 0 Å². The molecular weight excluding hydrogens is 460 g/mol. The molecule has 192 valence electrons. The van der Waals surface area contributed by atoms with Crippen molar-refractivity contribution in [2.24, 2.45) is 5.92 Å². The zero-order chi connectivity index (χ0) is 25.6. The second-order valence-electron chi connectivity index (χ2n) is 10.4. The third-order valence-electron chi connectivity index (χ3n) is 7.61. The van der Waals surface area contributed by atoms with Crippen LogP contribution in [0.4, 0.5) is 0 Å². The second-order valence-corrected chi connectivity index (χ2v) is 10.4. The lowest BCUT2D eigenvalue weighted by Crippen LogP contribution is -2.35. The lowest BCUT2D eigenvalue weighted by atomic mass is 9.89. The number of carbonyl (C=O) groups excluding carboxylic acids is 2. The number of furan rings is 1. The second kappa shape index (κ2) is 11.6. The molecule has 0 saturated carbocycles. The molecule has 2 aromatic heterocycles. The molecule has 0 bridgehead atoms. The number of fused-ring (bicyclic) bond motifs is 1. The van der Waals surface area contributed by atoms with Crippen molar-refractivity contribution >= 4 is 22.6 Å². The highest BCUT2D eigenvalue weighted by molar-refractivity contribution is 5.91. The number of amides is 1. The van der Waals surface area contributed by atoms with Gasteiger partial charge in [0.1, 0.15) is 5.78 Å². The van der Waals surface area contributed by atoms with Crippen LogP contribution in [0.15, 0.2) is 77.5 Å². The molecule has 0 aliphatic carbocycles. The Morgan fingerprint density at radius 1 is 0.973 bits per heavy atom. The highest BCUT2D eigenvalue weighted by atomic mass is 16.3. The Kier molecular flexibility index (Phi) is 7.88. The van der Waals surface area contributed by atoms with Crippen molar-refractivity contribution in [1.29, 1.82) is 0 Å². The minimum absolute atomic E-state index is 0.0451. The molecule has 37 heavy (non-hydrogen) atoms. The van der Waals surface area contributed by atoms with Crippen molar-refractivity contribution in [2.45, 2.75) is 58.4 Å². The van der Waals surface area contributed by atoms with Crippen molar-refractivity contribution < 1.29 is 14.0 Å². The minimum atomic E-state index is -0.0451. The first-order chi connectivity index (χ1) is 18.1. The summed E-state index contributed by atoms with van der Waals surface area (Å²) in [4.78, 5) is 27.6. The number of aryl methyl sites for hydroxylation is 2. The standard InChI is InChI=1S/C32H36N2O3/c1-24-9-4-10-25(21-24)22-34-23-27(28-14-2-3-15-29(28)34)11-5-16-30(35)26-12-6-18-33(19-7-13-26)32(36)31-17-8-20-37-31/h2-4,8-10,14-15,17,20-21,23,26H,5-7,11-13,16,18-19,22H2,1H3. The summed E-state index contributed by atoms with van der Waals surface area (Å²) >= 11 is 0. The van der Waals surface area contributed by atoms with E-state index in [4.69, 9.17) is 4.42 Å².